The molecule has 0 radical (unpaired) electrons. The summed E-state index contributed by atoms with van der Waals surface area (Å²) in [4.78, 5) is 24.9. The third-order valence-electron chi connectivity index (χ3n) is 4.24. The molecule has 0 aliphatic carbocycles. The first kappa shape index (κ1) is 21.3. The Morgan fingerprint density at radius 2 is 1.93 bits per heavy atom. The highest BCUT2D eigenvalue weighted by atomic mass is 127. The lowest BCUT2D eigenvalue weighted by atomic mass is 10.2. The molecule has 0 aliphatic rings. The van der Waals surface area contributed by atoms with Crippen LogP contribution in [0.2, 0.25) is 0 Å². The Balaban J connectivity index is 1.72. The zero-order valence-electron chi connectivity index (χ0n) is 15.9. The van der Waals surface area contributed by atoms with Gasteiger partial charge in [-0.25, -0.2) is 0 Å². The van der Waals surface area contributed by atoms with Crippen molar-refractivity contribution in [1.29, 1.82) is 0 Å². The standard InChI is InChI=1S/C20H19IN4O3S/c1-13-3-5-17(6-4-13)29-18-10-15(9-16(11-18)25(27)28)23-20(26)7-8-24-14(2)19(21)12-22-24/h3-6,9-12H,7-8H2,1-2H3,(H,23,26). The van der Waals surface area contributed by atoms with Crippen LogP contribution in [0.3, 0.4) is 0 Å². The summed E-state index contributed by atoms with van der Waals surface area (Å²) in [7, 11) is 0. The van der Waals surface area contributed by atoms with E-state index >= 15 is 0 Å². The molecule has 0 fully saturated rings. The van der Waals surface area contributed by atoms with Crippen molar-refractivity contribution in [1.82, 2.24) is 9.78 Å². The minimum absolute atomic E-state index is 0.0603. The molecule has 0 saturated heterocycles. The number of anilines is 1. The number of nitro groups is 1. The van der Waals surface area contributed by atoms with Gasteiger partial charge in [0.25, 0.3) is 5.69 Å². The van der Waals surface area contributed by atoms with E-state index in [4.69, 9.17) is 0 Å². The van der Waals surface area contributed by atoms with Gasteiger partial charge in [0.05, 0.1) is 21.2 Å². The Bertz CT molecular complexity index is 1050. The van der Waals surface area contributed by atoms with Crippen LogP contribution in [0, 0.1) is 27.5 Å². The van der Waals surface area contributed by atoms with E-state index in [0.29, 0.717) is 17.1 Å². The molecule has 1 aromatic heterocycles. The molecule has 9 heteroatoms. The van der Waals surface area contributed by atoms with Gasteiger partial charge in [-0.15, -0.1) is 0 Å². The molecule has 7 nitrogen and oxygen atoms in total. The van der Waals surface area contributed by atoms with Gasteiger partial charge in [0.15, 0.2) is 0 Å². The van der Waals surface area contributed by atoms with E-state index in [2.05, 4.69) is 33.0 Å². The van der Waals surface area contributed by atoms with E-state index in [0.717, 1.165) is 19.7 Å². The molecule has 3 rings (SSSR count). The SMILES string of the molecule is Cc1ccc(Sc2cc(NC(=O)CCn3ncc(I)c3C)cc([N+](=O)[O-])c2)cc1. The summed E-state index contributed by atoms with van der Waals surface area (Å²) in [5.41, 5.74) is 2.49. The second kappa shape index (κ2) is 9.40. The number of rotatable bonds is 7. The number of aromatic nitrogens is 2. The fourth-order valence-corrected chi connectivity index (χ4v) is 3.96. The van der Waals surface area contributed by atoms with Gasteiger partial charge in [0.2, 0.25) is 5.91 Å². The minimum Gasteiger partial charge on any atom is -0.326 e. The molecule has 3 aromatic rings. The Hall–Kier alpha value is -2.40. The molecular formula is C20H19IN4O3S. The number of nitrogens with zero attached hydrogens (tertiary/aromatic N) is 3. The first-order valence-electron chi connectivity index (χ1n) is 8.83. The van der Waals surface area contributed by atoms with Gasteiger partial charge in [-0.1, -0.05) is 29.5 Å². The summed E-state index contributed by atoms with van der Waals surface area (Å²) in [6, 6.07) is 12.5. The molecule has 0 atom stereocenters. The Kier molecular flexibility index (Phi) is 6.91. The van der Waals surface area contributed by atoms with Crippen molar-refractivity contribution in [3.8, 4) is 0 Å². The van der Waals surface area contributed by atoms with Gasteiger partial charge >= 0.3 is 0 Å². The first-order chi connectivity index (χ1) is 13.8. The van der Waals surface area contributed by atoms with Gasteiger partial charge in [-0.05, 0) is 54.6 Å². The zero-order chi connectivity index (χ0) is 21.0. The summed E-state index contributed by atoms with van der Waals surface area (Å²) in [5, 5.41) is 18.3. The smallest absolute Gasteiger partial charge is 0.272 e. The lowest BCUT2D eigenvalue weighted by Gasteiger charge is -2.09. The van der Waals surface area contributed by atoms with Crippen molar-refractivity contribution in [2.45, 2.75) is 36.6 Å². The van der Waals surface area contributed by atoms with Crippen molar-refractivity contribution < 1.29 is 9.72 Å². The van der Waals surface area contributed by atoms with E-state index in [1.165, 1.54) is 23.9 Å². The van der Waals surface area contributed by atoms with Crippen LogP contribution < -0.4 is 5.32 Å². The van der Waals surface area contributed by atoms with Crippen LogP contribution in [0.1, 0.15) is 17.7 Å². The molecule has 0 unspecified atom stereocenters. The van der Waals surface area contributed by atoms with E-state index in [1.807, 2.05) is 38.1 Å². The summed E-state index contributed by atoms with van der Waals surface area (Å²) < 4.78 is 2.81. The molecule has 0 saturated carbocycles. The Morgan fingerprint density at radius 1 is 1.21 bits per heavy atom. The molecule has 1 heterocycles. The number of aryl methyl sites for hydroxylation is 2. The van der Waals surface area contributed by atoms with Crippen molar-refractivity contribution >= 4 is 51.6 Å². The number of carbonyl (C=O) groups is 1. The number of non-ortho nitro benzene ring substituents is 1. The van der Waals surface area contributed by atoms with Crippen LogP contribution in [-0.2, 0) is 11.3 Å². The summed E-state index contributed by atoms with van der Waals surface area (Å²) in [5.74, 6) is -0.221. The van der Waals surface area contributed by atoms with E-state index in [9.17, 15) is 14.9 Å². The lowest BCUT2D eigenvalue weighted by Crippen LogP contribution is -2.15. The molecular weight excluding hydrogens is 503 g/mol. The molecule has 150 valence electrons. The van der Waals surface area contributed by atoms with Gasteiger partial charge in [-0.3, -0.25) is 19.6 Å². The maximum absolute atomic E-state index is 12.4. The minimum atomic E-state index is -0.454. The molecule has 1 amide bonds. The van der Waals surface area contributed by atoms with Crippen LogP contribution in [0.4, 0.5) is 11.4 Å². The number of benzene rings is 2. The lowest BCUT2D eigenvalue weighted by molar-refractivity contribution is -0.385. The third-order valence-corrected chi connectivity index (χ3v) is 6.27. The van der Waals surface area contributed by atoms with Gasteiger partial charge in [0, 0.05) is 39.7 Å². The number of hydrogen-bond donors (Lipinski definition) is 1. The number of nitrogens with one attached hydrogen (secondary N) is 1. The number of amides is 1. The van der Waals surface area contributed by atoms with Crippen LogP contribution in [-0.4, -0.2) is 20.6 Å². The molecule has 0 aliphatic heterocycles. The number of carbonyl (C=O) groups excluding carboxylic acids is 1. The van der Waals surface area contributed by atoms with E-state index in [1.54, 1.807) is 16.9 Å². The van der Waals surface area contributed by atoms with Crippen LogP contribution in [0.25, 0.3) is 0 Å². The predicted octanol–water partition coefficient (Wildman–Crippen LogP) is 5.19. The predicted molar refractivity (Wildman–Crippen MR) is 121 cm³/mol. The molecule has 0 spiro atoms. The van der Waals surface area contributed by atoms with Crippen LogP contribution in [0.15, 0.2) is 58.5 Å². The van der Waals surface area contributed by atoms with Gasteiger partial charge < -0.3 is 5.32 Å². The van der Waals surface area contributed by atoms with Crippen molar-refractivity contribution in [3.05, 3.63) is 73.6 Å². The van der Waals surface area contributed by atoms with Gasteiger partial charge in [-0.2, -0.15) is 5.10 Å². The number of nitro benzene ring substituents is 1. The monoisotopic (exact) mass is 522 g/mol. The second-order valence-electron chi connectivity index (χ2n) is 6.49. The fourth-order valence-electron chi connectivity index (χ4n) is 2.64. The molecule has 0 bridgehead atoms. The van der Waals surface area contributed by atoms with Crippen LogP contribution in [0.5, 0.6) is 0 Å². The highest BCUT2D eigenvalue weighted by Gasteiger charge is 2.13. The normalized spacial score (nSPS) is 10.7. The van der Waals surface area contributed by atoms with E-state index in [-0.39, 0.29) is 18.0 Å². The van der Waals surface area contributed by atoms with E-state index < -0.39 is 4.92 Å². The van der Waals surface area contributed by atoms with Crippen molar-refractivity contribution in [2.75, 3.05) is 5.32 Å². The van der Waals surface area contributed by atoms with Crippen molar-refractivity contribution in [3.63, 3.8) is 0 Å². The first-order valence-corrected chi connectivity index (χ1v) is 10.7. The number of halogens is 1. The third kappa shape index (κ3) is 5.80. The largest absolute Gasteiger partial charge is 0.326 e. The number of hydrogen-bond acceptors (Lipinski definition) is 5. The highest BCUT2D eigenvalue weighted by Crippen LogP contribution is 2.33. The Labute approximate surface area is 186 Å². The van der Waals surface area contributed by atoms with Crippen LogP contribution >= 0.6 is 34.4 Å². The molecule has 29 heavy (non-hydrogen) atoms. The second-order valence-corrected chi connectivity index (χ2v) is 8.80. The Morgan fingerprint density at radius 3 is 2.55 bits per heavy atom. The average Bonchev–Trinajstić information content (AvgIpc) is 3.00. The quantitative estimate of drug-likeness (QED) is 0.262. The summed E-state index contributed by atoms with van der Waals surface area (Å²) in [6.45, 7) is 4.39. The molecule has 2 aromatic carbocycles. The highest BCUT2D eigenvalue weighted by molar-refractivity contribution is 14.1. The summed E-state index contributed by atoms with van der Waals surface area (Å²) in [6.07, 6.45) is 1.98. The maximum atomic E-state index is 12.4. The zero-order valence-corrected chi connectivity index (χ0v) is 18.9. The summed E-state index contributed by atoms with van der Waals surface area (Å²) >= 11 is 3.61. The average molecular weight is 522 g/mol. The van der Waals surface area contributed by atoms with Gasteiger partial charge in [0.1, 0.15) is 0 Å². The fraction of sp³-hybridized carbons (Fsp3) is 0.200. The maximum Gasteiger partial charge on any atom is 0.272 e. The molecule has 1 N–H and O–H groups in total. The van der Waals surface area contributed by atoms with Crippen molar-refractivity contribution in [2.24, 2.45) is 0 Å². The topological polar surface area (TPSA) is 90.1 Å².